The van der Waals surface area contributed by atoms with Gasteiger partial charge in [0.05, 0.1) is 0 Å². The first-order chi connectivity index (χ1) is 8.97. The highest BCUT2D eigenvalue weighted by atomic mass is 16.1. The highest BCUT2D eigenvalue weighted by molar-refractivity contribution is 5.46. The Labute approximate surface area is 117 Å². The number of nitrogens with two attached hydrogens (primary N) is 1. The third-order valence-electron chi connectivity index (χ3n) is 2.37. The number of aromatic nitrogens is 1. The van der Waals surface area contributed by atoms with Gasteiger partial charge in [0.2, 0.25) is 6.41 Å². The summed E-state index contributed by atoms with van der Waals surface area (Å²) in [6.45, 7) is 12.8. The number of nitrogens with one attached hydrogen (secondary N) is 1. The number of pyridine rings is 1. The molecule has 0 fully saturated rings. The van der Waals surface area contributed by atoms with Gasteiger partial charge in [-0.3, -0.25) is 9.78 Å². The number of rotatable bonds is 4. The van der Waals surface area contributed by atoms with E-state index in [1.54, 1.807) is 12.4 Å². The first kappa shape index (κ1) is 19.9. The second-order valence-electron chi connectivity index (χ2n) is 4.47. The predicted molar refractivity (Wildman–Crippen MR) is 81.7 cm³/mol. The van der Waals surface area contributed by atoms with E-state index in [0.29, 0.717) is 24.9 Å². The zero-order valence-electron chi connectivity index (χ0n) is 13.1. The average Bonchev–Trinajstić information content (AvgIpc) is 2.39. The van der Waals surface area contributed by atoms with Crippen LogP contribution >= 0.6 is 0 Å². The third-order valence-corrected chi connectivity index (χ3v) is 2.37. The van der Waals surface area contributed by atoms with Gasteiger partial charge < -0.3 is 11.1 Å². The second-order valence-corrected chi connectivity index (χ2v) is 4.47. The van der Waals surface area contributed by atoms with Gasteiger partial charge >= 0.3 is 0 Å². The fourth-order valence-corrected chi connectivity index (χ4v) is 0.874. The van der Waals surface area contributed by atoms with Crippen molar-refractivity contribution < 1.29 is 4.79 Å². The molecular weight excluding hydrogens is 238 g/mol. The van der Waals surface area contributed by atoms with E-state index in [4.69, 9.17) is 5.73 Å². The van der Waals surface area contributed by atoms with E-state index in [2.05, 4.69) is 24.1 Å². The molecule has 0 aromatic carbocycles. The molecule has 4 nitrogen and oxygen atoms in total. The fourth-order valence-electron chi connectivity index (χ4n) is 0.874. The van der Waals surface area contributed by atoms with Crippen LogP contribution in [-0.4, -0.2) is 17.4 Å². The summed E-state index contributed by atoms with van der Waals surface area (Å²) >= 11 is 0. The Balaban J connectivity index is 0. The molecule has 0 aliphatic rings. The summed E-state index contributed by atoms with van der Waals surface area (Å²) in [5.74, 6) is 0.630. The number of hydrogen-bond donors (Lipinski definition) is 2. The molecule has 1 aromatic heterocycles. The smallest absolute Gasteiger partial charge is 0.207 e. The molecule has 0 saturated carbocycles. The van der Waals surface area contributed by atoms with Gasteiger partial charge in [0.15, 0.2) is 0 Å². The minimum atomic E-state index is 0.352. The van der Waals surface area contributed by atoms with Crippen molar-refractivity contribution in [1.29, 1.82) is 0 Å². The molecule has 1 amide bonds. The molecule has 4 heteroatoms. The Morgan fingerprint density at radius 1 is 1.32 bits per heavy atom. The molecule has 0 saturated heterocycles. The Hall–Kier alpha value is -1.42. The van der Waals surface area contributed by atoms with E-state index in [0.717, 1.165) is 11.1 Å². The Kier molecular flexibility index (Phi) is 13.6. The first-order valence-corrected chi connectivity index (χ1v) is 6.80. The highest BCUT2D eigenvalue weighted by Crippen LogP contribution is 1.99. The van der Waals surface area contributed by atoms with E-state index in [1.807, 2.05) is 33.8 Å². The van der Waals surface area contributed by atoms with Gasteiger partial charge in [-0.2, -0.15) is 0 Å². The average molecular weight is 267 g/mol. The number of carbonyl (C=O) groups is 1. The summed E-state index contributed by atoms with van der Waals surface area (Å²) in [6, 6.07) is 2.34. The minimum absolute atomic E-state index is 0.352. The van der Waals surface area contributed by atoms with Crippen LogP contribution < -0.4 is 11.1 Å². The van der Waals surface area contributed by atoms with E-state index in [-0.39, 0.29) is 0 Å². The van der Waals surface area contributed by atoms with Crippen molar-refractivity contribution in [3.05, 3.63) is 29.6 Å². The molecule has 1 heterocycles. The maximum absolute atomic E-state index is 9.93. The lowest BCUT2D eigenvalue weighted by Crippen LogP contribution is -2.21. The topological polar surface area (TPSA) is 68.0 Å². The van der Waals surface area contributed by atoms with Gasteiger partial charge in [-0.15, -0.1) is 0 Å². The van der Waals surface area contributed by atoms with Crippen LogP contribution in [0.1, 0.15) is 45.7 Å². The van der Waals surface area contributed by atoms with Gasteiger partial charge in [0.25, 0.3) is 0 Å². The third kappa shape index (κ3) is 12.8. The predicted octanol–water partition coefficient (Wildman–Crippen LogP) is 2.65. The number of carbonyl (C=O) groups excluding carboxylic acids is 1. The summed E-state index contributed by atoms with van der Waals surface area (Å²) < 4.78 is 0. The molecule has 110 valence electrons. The molecular formula is C15H29N3O. The number of amides is 1. The molecule has 0 aliphatic heterocycles. The highest BCUT2D eigenvalue weighted by Gasteiger charge is 1.95. The van der Waals surface area contributed by atoms with Gasteiger partial charge in [0.1, 0.15) is 0 Å². The van der Waals surface area contributed by atoms with Crippen LogP contribution in [-0.2, 0) is 11.3 Å². The summed E-state index contributed by atoms with van der Waals surface area (Å²) in [7, 11) is 0. The lowest BCUT2D eigenvalue weighted by molar-refractivity contribution is -0.109. The molecule has 19 heavy (non-hydrogen) atoms. The van der Waals surface area contributed by atoms with Crippen LogP contribution in [0.25, 0.3) is 0 Å². The number of hydrogen-bond acceptors (Lipinski definition) is 3. The Bertz CT molecular complexity index is 319. The maximum atomic E-state index is 9.93. The van der Waals surface area contributed by atoms with Crippen molar-refractivity contribution in [2.45, 2.75) is 54.1 Å². The number of aryl methyl sites for hydroxylation is 1. The van der Waals surface area contributed by atoms with Crippen molar-refractivity contribution in [3.63, 3.8) is 0 Å². The van der Waals surface area contributed by atoms with Gasteiger partial charge in [-0.05, 0) is 30.9 Å². The molecule has 0 spiro atoms. The zero-order valence-corrected chi connectivity index (χ0v) is 13.1. The van der Waals surface area contributed by atoms with Crippen LogP contribution in [0, 0.1) is 12.8 Å². The molecule has 1 aromatic rings. The van der Waals surface area contributed by atoms with E-state index < -0.39 is 0 Å². The number of nitrogens with zero attached hydrogens (tertiary/aromatic N) is 1. The SMILES string of the molecule is CC.CC(C)C(C)N.Cc1cncc(CNC=O)c1. The van der Waals surface area contributed by atoms with Gasteiger partial charge in [-0.25, -0.2) is 0 Å². The summed E-state index contributed by atoms with van der Waals surface area (Å²) in [4.78, 5) is 13.9. The van der Waals surface area contributed by atoms with E-state index >= 15 is 0 Å². The van der Waals surface area contributed by atoms with Crippen molar-refractivity contribution in [3.8, 4) is 0 Å². The van der Waals surface area contributed by atoms with Crippen molar-refractivity contribution >= 4 is 6.41 Å². The molecule has 1 unspecified atom stereocenters. The van der Waals surface area contributed by atoms with Crippen molar-refractivity contribution in [1.82, 2.24) is 10.3 Å². The van der Waals surface area contributed by atoms with Crippen LogP contribution in [0.5, 0.6) is 0 Å². The quantitative estimate of drug-likeness (QED) is 0.824. The molecule has 1 rings (SSSR count). The Morgan fingerprint density at radius 2 is 1.84 bits per heavy atom. The van der Waals surface area contributed by atoms with Crippen molar-refractivity contribution in [2.75, 3.05) is 0 Å². The van der Waals surface area contributed by atoms with Gasteiger partial charge in [-0.1, -0.05) is 33.8 Å². The van der Waals surface area contributed by atoms with Crippen LogP contribution in [0.3, 0.4) is 0 Å². The lowest BCUT2D eigenvalue weighted by Gasteiger charge is -2.05. The van der Waals surface area contributed by atoms with Gasteiger partial charge in [0, 0.05) is 25.0 Å². The van der Waals surface area contributed by atoms with Crippen LogP contribution in [0.15, 0.2) is 18.5 Å². The monoisotopic (exact) mass is 267 g/mol. The van der Waals surface area contributed by atoms with Crippen molar-refractivity contribution in [2.24, 2.45) is 11.7 Å². The molecule has 3 N–H and O–H groups in total. The summed E-state index contributed by atoms with van der Waals surface area (Å²) in [6.07, 6.45) is 4.20. The largest absolute Gasteiger partial charge is 0.355 e. The normalized spacial score (nSPS) is 10.5. The van der Waals surface area contributed by atoms with Crippen LogP contribution in [0.2, 0.25) is 0 Å². The minimum Gasteiger partial charge on any atom is -0.355 e. The lowest BCUT2D eigenvalue weighted by atomic mass is 10.1. The molecule has 0 bridgehead atoms. The summed E-state index contributed by atoms with van der Waals surface area (Å²) in [5.41, 5.74) is 7.57. The van der Waals surface area contributed by atoms with E-state index in [9.17, 15) is 4.79 Å². The standard InChI is InChI=1S/C8H10N2O.C5H13N.C2H6/c1-7-2-8(4-9-3-7)5-10-6-11;1-4(2)5(3)6;1-2/h2-4,6H,5H2,1H3,(H,10,11);4-5H,6H2,1-3H3;1-2H3. The fraction of sp³-hybridized carbons (Fsp3) is 0.600. The zero-order chi connectivity index (χ0) is 15.3. The molecule has 0 aliphatic carbocycles. The summed E-state index contributed by atoms with van der Waals surface area (Å²) in [5, 5.41) is 2.57. The van der Waals surface area contributed by atoms with Crippen LogP contribution in [0.4, 0.5) is 0 Å². The maximum Gasteiger partial charge on any atom is 0.207 e. The van der Waals surface area contributed by atoms with E-state index in [1.165, 1.54) is 0 Å². The Morgan fingerprint density at radius 3 is 2.21 bits per heavy atom. The molecule has 1 atom stereocenters. The molecule has 0 radical (unpaired) electrons. The first-order valence-electron chi connectivity index (χ1n) is 6.80. The second kappa shape index (κ2) is 13.0.